The highest BCUT2D eigenvalue weighted by atomic mass is 16.6. The molecule has 2 aromatic carbocycles. The van der Waals surface area contributed by atoms with E-state index >= 15 is 0 Å². The second kappa shape index (κ2) is 7.19. The summed E-state index contributed by atoms with van der Waals surface area (Å²) in [6.45, 7) is 3.64. The number of nitro benzene ring substituents is 1. The number of carbonyl (C=O) groups is 1. The number of rotatable bonds is 4. The minimum atomic E-state index is -0.792. The number of aromatic nitrogens is 3. The van der Waals surface area contributed by atoms with E-state index < -0.39 is 11.0 Å². The minimum absolute atomic E-state index is 0.0881. The number of nitro groups is 1. The minimum Gasteiger partial charge on any atom is -0.328 e. The highest BCUT2D eigenvalue weighted by molar-refractivity contribution is 6.06. The van der Waals surface area contributed by atoms with Crippen molar-refractivity contribution in [3.05, 3.63) is 87.4 Å². The van der Waals surface area contributed by atoms with Crippen LogP contribution in [-0.4, -0.2) is 25.6 Å². The molecule has 0 unspecified atom stereocenters. The lowest BCUT2D eigenvalue weighted by Gasteiger charge is -2.28. The highest BCUT2D eigenvalue weighted by Gasteiger charge is 2.37. The van der Waals surface area contributed by atoms with Crippen LogP contribution in [0.15, 0.2) is 66.1 Å². The van der Waals surface area contributed by atoms with Gasteiger partial charge in [-0.15, -0.1) is 0 Å². The van der Waals surface area contributed by atoms with Crippen LogP contribution in [-0.2, 0) is 4.79 Å². The smallest absolute Gasteiger partial charge is 0.275 e. The monoisotopic (exact) mass is 390 g/mol. The molecule has 1 aliphatic heterocycles. The molecule has 0 radical (unpaired) electrons. The Balaban J connectivity index is 1.84. The summed E-state index contributed by atoms with van der Waals surface area (Å²) in [6.07, 6.45) is 1.35. The molecule has 0 bridgehead atoms. The summed E-state index contributed by atoms with van der Waals surface area (Å²) in [5.41, 5.74) is 2.74. The third-order valence-corrected chi connectivity index (χ3v) is 4.86. The molecule has 1 aliphatic rings. The van der Waals surface area contributed by atoms with Crippen LogP contribution >= 0.6 is 0 Å². The van der Waals surface area contributed by atoms with E-state index in [1.807, 2.05) is 25.1 Å². The van der Waals surface area contributed by atoms with Crippen LogP contribution in [0, 0.1) is 17.0 Å². The van der Waals surface area contributed by atoms with Crippen molar-refractivity contribution in [3.63, 3.8) is 0 Å². The van der Waals surface area contributed by atoms with Gasteiger partial charge >= 0.3 is 0 Å². The van der Waals surface area contributed by atoms with Gasteiger partial charge in [-0.05, 0) is 31.5 Å². The van der Waals surface area contributed by atoms with Gasteiger partial charge < -0.3 is 10.6 Å². The van der Waals surface area contributed by atoms with Crippen LogP contribution in [0.25, 0.3) is 0 Å². The molecular formula is C20H18N6O3. The Labute approximate surface area is 166 Å². The number of benzene rings is 2. The van der Waals surface area contributed by atoms with Gasteiger partial charge in [0.2, 0.25) is 5.95 Å². The molecule has 2 N–H and O–H groups in total. The number of para-hydroxylation sites is 2. The number of anilines is 2. The maximum Gasteiger partial charge on any atom is 0.275 e. The van der Waals surface area contributed by atoms with Gasteiger partial charge in [-0.2, -0.15) is 10.1 Å². The molecule has 1 aromatic heterocycles. The number of carbonyl (C=O) groups excluding carboxylic acids is 1. The topological polar surface area (TPSA) is 115 Å². The number of nitrogens with one attached hydrogen (secondary N) is 2. The van der Waals surface area contributed by atoms with Crippen LogP contribution in [0.2, 0.25) is 0 Å². The molecular weight excluding hydrogens is 372 g/mol. The average molecular weight is 390 g/mol. The molecule has 146 valence electrons. The molecule has 0 saturated carbocycles. The Bertz CT molecular complexity index is 1150. The fourth-order valence-corrected chi connectivity index (χ4v) is 3.46. The zero-order valence-corrected chi connectivity index (χ0v) is 15.8. The summed E-state index contributed by atoms with van der Waals surface area (Å²) in [7, 11) is 0. The second-order valence-electron chi connectivity index (χ2n) is 6.68. The predicted octanol–water partition coefficient (Wildman–Crippen LogP) is 3.42. The third kappa shape index (κ3) is 3.22. The number of amides is 1. The summed E-state index contributed by atoms with van der Waals surface area (Å²) in [5, 5.41) is 21.8. The molecule has 0 saturated heterocycles. The molecule has 2 heterocycles. The largest absolute Gasteiger partial charge is 0.328 e. The summed E-state index contributed by atoms with van der Waals surface area (Å²) in [5.74, 6) is 0.0479. The zero-order chi connectivity index (χ0) is 20.5. The Hall–Kier alpha value is -4.01. The lowest BCUT2D eigenvalue weighted by Crippen LogP contribution is -2.32. The first-order valence-corrected chi connectivity index (χ1v) is 8.95. The van der Waals surface area contributed by atoms with Crippen LogP contribution in [0.3, 0.4) is 0 Å². The van der Waals surface area contributed by atoms with E-state index in [2.05, 4.69) is 20.7 Å². The molecule has 9 heteroatoms. The molecule has 3 aromatic rings. The Morgan fingerprint density at radius 3 is 2.66 bits per heavy atom. The van der Waals surface area contributed by atoms with Gasteiger partial charge in [0.25, 0.3) is 11.6 Å². The maximum atomic E-state index is 13.3. The quantitative estimate of drug-likeness (QED) is 0.521. The fourth-order valence-electron chi connectivity index (χ4n) is 3.46. The van der Waals surface area contributed by atoms with Gasteiger partial charge in [0, 0.05) is 17.5 Å². The lowest BCUT2D eigenvalue weighted by molar-refractivity contribution is -0.385. The molecule has 1 atom stereocenters. The standard InChI is InChI=1S/C20H18N6O3/c1-12-7-3-5-9-15(12)24-19(27)17-13(2)23-20-21-11-22-25(20)18(17)14-8-4-6-10-16(14)26(28)29/h3-11,18H,1-2H3,(H,24,27)(H,21,22,23)/t18-/m0/s1. The second-order valence-corrected chi connectivity index (χ2v) is 6.68. The van der Waals surface area contributed by atoms with E-state index in [9.17, 15) is 14.9 Å². The number of nitrogens with zero attached hydrogens (tertiary/aromatic N) is 4. The molecule has 4 rings (SSSR count). The number of fused-ring (bicyclic) bond motifs is 1. The SMILES string of the molecule is CC1=C(C(=O)Nc2ccccc2C)[C@H](c2ccccc2[N+](=O)[O-])n2ncnc2N1. The number of aryl methyl sites for hydroxylation is 1. The van der Waals surface area contributed by atoms with E-state index in [-0.39, 0.29) is 11.6 Å². The van der Waals surface area contributed by atoms with Crippen molar-refractivity contribution in [1.82, 2.24) is 14.8 Å². The lowest BCUT2D eigenvalue weighted by atomic mass is 9.93. The summed E-state index contributed by atoms with van der Waals surface area (Å²) in [6, 6.07) is 13.0. The zero-order valence-electron chi connectivity index (χ0n) is 15.8. The summed E-state index contributed by atoms with van der Waals surface area (Å²) >= 11 is 0. The van der Waals surface area contributed by atoms with E-state index in [0.717, 1.165) is 5.56 Å². The van der Waals surface area contributed by atoms with Gasteiger partial charge in [0.05, 0.1) is 16.1 Å². The van der Waals surface area contributed by atoms with E-state index in [4.69, 9.17) is 0 Å². The molecule has 29 heavy (non-hydrogen) atoms. The average Bonchev–Trinajstić information content (AvgIpc) is 3.16. The molecule has 0 fully saturated rings. The van der Waals surface area contributed by atoms with Crippen molar-refractivity contribution in [2.24, 2.45) is 0 Å². The number of hydrogen-bond donors (Lipinski definition) is 2. The number of allylic oxidation sites excluding steroid dienone is 1. The van der Waals surface area contributed by atoms with Gasteiger partial charge in [0.1, 0.15) is 12.4 Å². The Morgan fingerprint density at radius 2 is 1.90 bits per heavy atom. The van der Waals surface area contributed by atoms with Gasteiger partial charge in [-0.1, -0.05) is 30.3 Å². The van der Waals surface area contributed by atoms with Crippen LogP contribution in [0.4, 0.5) is 17.3 Å². The van der Waals surface area contributed by atoms with Crippen molar-refractivity contribution >= 4 is 23.2 Å². The third-order valence-electron chi connectivity index (χ3n) is 4.86. The molecule has 1 amide bonds. The number of hydrogen-bond acceptors (Lipinski definition) is 6. The van der Waals surface area contributed by atoms with E-state index in [1.54, 1.807) is 31.2 Å². The van der Waals surface area contributed by atoms with Gasteiger partial charge in [0.15, 0.2) is 0 Å². The first-order valence-electron chi connectivity index (χ1n) is 8.95. The van der Waals surface area contributed by atoms with E-state index in [1.165, 1.54) is 17.1 Å². The van der Waals surface area contributed by atoms with Crippen molar-refractivity contribution < 1.29 is 9.72 Å². The normalized spacial score (nSPS) is 15.4. The Morgan fingerprint density at radius 1 is 1.17 bits per heavy atom. The predicted molar refractivity (Wildman–Crippen MR) is 107 cm³/mol. The molecule has 0 spiro atoms. The van der Waals surface area contributed by atoms with Crippen molar-refractivity contribution in [1.29, 1.82) is 0 Å². The highest BCUT2D eigenvalue weighted by Crippen LogP contribution is 2.38. The van der Waals surface area contributed by atoms with E-state index in [0.29, 0.717) is 28.5 Å². The fraction of sp³-hybridized carbons (Fsp3) is 0.150. The molecule has 0 aliphatic carbocycles. The van der Waals surface area contributed by atoms with Crippen molar-refractivity contribution in [3.8, 4) is 0 Å². The van der Waals surface area contributed by atoms with Gasteiger partial charge in [-0.25, -0.2) is 4.68 Å². The maximum absolute atomic E-state index is 13.3. The van der Waals surface area contributed by atoms with Crippen molar-refractivity contribution in [2.75, 3.05) is 10.6 Å². The van der Waals surface area contributed by atoms with Crippen molar-refractivity contribution in [2.45, 2.75) is 19.9 Å². The summed E-state index contributed by atoms with van der Waals surface area (Å²) in [4.78, 5) is 28.6. The Kier molecular flexibility index (Phi) is 4.55. The first kappa shape index (κ1) is 18.4. The summed E-state index contributed by atoms with van der Waals surface area (Å²) < 4.78 is 1.49. The van der Waals surface area contributed by atoms with Crippen LogP contribution in [0.5, 0.6) is 0 Å². The van der Waals surface area contributed by atoms with Gasteiger partial charge in [-0.3, -0.25) is 14.9 Å². The first-order chi connectivity index (χ1) is 14.0. The van der Waals surface area contributed by atoms with Crippen LogP contribution in [0.1, 0.15) is 24.1 Å². The molecule has 9 nitrogen and oxygen atoms in total. The van der Waals surface area contributed by atoms with Crippen LogP contribution < -0.4 is 10.6 Å².